The normalized spacial score (nSPS) is 27.8. The number of amides is 1. The molecule has 0 aromatic carbocycles. The first-order valence-corrected chi connectivity index (χ1v) is 7.14. The Morgan fingerprint density at radius 2 is 2.16 bits per heavy atom. The Balaban J connectivity index is 1.81. The largest absolute Gasteiger partial charge is 0.459 e. The molecule has 102 valence electrons. The molecule has 2 unspecified atom stereocenters. The maximum Gasteiger partial charge on any atom is 0.289 e. The third-order valence-corrected chi connectivity index (χ3v) is 4.36. The standard InChI is InChI=1S/C15H19NO3/c17-13-7-3-5-11(13)12-6-1-2-9-16(12)15(18)14-8-4-10-19-14/h4,8,10-12H,1-3,5-7,9H2. The zero-order valence-electron chi connectivity index (χ0n) is 11.0. The predicted octanol–water partition coefficient (Wildman–Crippen LogP) is 2.64. The number of ketones is 1. The summed E-state index contributed by atoms with van der Waals surface area (Å²) in [7, 11) is 0. The van der Waals surface area contributed by atoms with Gasteiger partial charge in [-0.05, 0) is 44.2 Å². The zero-order valence-corrected chi connectivity index (χ0v) is 11.0. The number of hydrogen-bond acceptors (Lipinski definition) is 3. The van der Waals surface area contributed by atoms with Crippen LogP contribution in [0.3, 0.4) is 0 Å². The minimum Gasteiger partial charge on any atom is -0.459 e. The average Bonchev–Trinajstić information content (AvgIpc) is 3.09. The number of rotatable bonds is 2. The van der Waals surface area contributed by atoms with Crippen LogP contribution in [0.25, 0.3) is 0 Å². The van der Waals surface area contributed by atoms with Gasteiger partial charge in [-0.1, -0.05) is 0 Å². The third-order valence-electron chi connectivity index (χ3n) is 4.36. The van der Waals surface area contributed by atoms with Crippen molar-refractivity contribution in [3.63, 3.8) is 0 Å². The maximum absolute atomic E-state index is 12.5. The van der Waals surface area contributed by atoms with Crippen molar-refractivity contribution in [3.05, 3.63) is 24.2 Å². The van der Waals surface area contributed by atoms with Crippen molar-refractivity contribution in [2.24, 2.45) is 5.92 Å². The van der Waals surface area contributed by atoms with Gasteiger partial charge in [-0.3, -0.25) is 9.59 Å². The summed E-state index contributed by atoms with van der Waals surface area (Å²) in [5, 5.41) is 0. The van der Waals surface area contributed by atoms with E-state index in [-0.39, 0.29) is 17.9 Å². The Hall–Kier alpha value is -1.58. The molecule has 1 aromatic rings. The number of hydrogen-bond donors (Lipinski definition) is 0. The van der Waals surface area contributed by atoms with Gasteiger partial charge in [0.2, 0.25) is 0 Å². The lowest BCUT2D eigenvalue weighted by Gasteiger charge is -2.38. The van der Waals surface area contributed by atoms with E-state index in [2.05, 4.69) is 0 Å². The van der Waals surface area contributed by atoms with E-state index in [1.807, 2.05) is 4.90 Å². The van der Waals surface area contributed by atoms with E-state index in [0.717, 1.165) is 38.6 Å². The Kier molecular flexibility index (Phi) is 3.40. The van der Waals surface area contributed by atoms with Gasteiger partial charge in [0.1, 0.15) is 5.78 Å². The summed E-state index contributed by atoms with van der Waals surface area (Å²) >= 11 is 0. The van der Waals surface area contributed by atoms with Gasteiger partial charge in [-0.25, -0.2) is 0 Å². The van der Waals surface area contributed by atoms with Crippen LogP contribution in [-0.2, 0) is 4.79 Å². The molecule has 2 fully saturated rings. The zero-order chi connectivity index (χ0) is 13.2. The highest BCUT2D eigenvalue weighted by atomic mass is 16.3. The number of Topliss-reactive ketones (excluding diaryl/α,β-unsaturated/α-hetero) is 1. The molecule has 19 heavy (non-hydrogen) atoms. The van der Waals surface area contributed by atoms with E-state index in [4.69, 9.17) is 4.42 Å². The van der Waals surface area contributed by atoms with Crippen molar-refractivity contribution in [3.8, 4) is 0 Å². The molecule has 1 aliphatic heterocycles. The number of nitrogens with zero attached hydrogens (tertiary/aromatic N) is 1. The highest BCUT2D eigenvalue weighted by Gasteiger charge is 2.39. The molecule has 0 N–H and O–H groups in total. The molecule has 3 rings (SSSR count). The van der Waals surface area contributed by atoms with Gasteiger partial charge in [-0.15, -0.1) is 0 Å². The molecule has 0 radical (unpaired) electrons. The first-order chi connectivity index (χ1) is 9.27. The smallest absolute Gasteiger partial charge is 0.289 e. The van der Waals surface area contributed by atoms with Crippen LogP contribution in [0.4, 0.5) is 0 Å². The fourth-order valence-corrected chi connectivity index (χ4v) is 3.42. The molecule has 2 atom stereocenters. The topological polar surface area (TPSA) is 50.5 Å². The lowest BCUT2D eigenvalue weighted by molar-refractivity contribution is -0.122. The molecule has 1 aliphatic carbocycles. The number of furan rings is 1. The van der Waals surface area contributed by atoms with Crippen LogP contribution in [0.5, 0.6) is 0 Å². The van der Waals surface area contributed by atoms with E-state index in [0.29, 0.717) is 18.0 Å². The second kappa shape index (κ2) is 5.19. The summed E-state index contributed by atoms with van der Waals surface area (Å²) in [6, 6.07) is 3.51. The first-order valence-electron chi connectivity index (χ1n) is 7.14. The van der Waals surface area contributed by atoms with Crippen LogP contribution in [0, 0.1) is 5.92 Å². The molecule has 1 aromatic heterocycles. The molecule has 1 saturated carbocycles. The van der Waals surface area contributed by atoms with Crippen molar-refractivity contribution in [2.75, 3.05) is 6.54 Å². The summed E-state index contributed by atoms with van der Waals surface area (Å²) in [6.07, 6.45) is 7.19. The Labute approximate surface area is 112 Å². The van der Waals surface area contributed by atoms with Gasteiger partial charge in [0.15, 0.2) is 5.76 Å². The molecule has 4 heteroatoms. The van der Waals surface area contributed by atoms with Gasteiger partial charge in [0.25, 0.3) is 5.91 Å². The van der Waals surface area contributed by atoms with E-state index >= 15 is 0 Å². The van der Waals surface area contributed by atoms with Crippen molar-refractivity contribution in [2.45, 2.75) is 44.6 Å². The van der Waals surface area contributed by atoms with Crippen LogP contribution in [0.1, 0.15) is 49.1 Å². The van der Waals surface area contributed by atoms with Crippen LogP contribution in [0.2, 0.25) is 0 Å². The molecule has 1 saturated heterocycles. The van der Waals surface area contributed by atoms with Crippen LogP contribution in [0.15, 0.2) is 22.8 Å². The van der Waals surface area contributed by atoms with Crippen molar-refractivity contribution < 1.29 is 14.0 Å². The lowest BCUT2D eigenvalue weighted by Crippen LogP contribution is -2.48. The van der Waals surface area contributed by atoms with Crippen molar-refractivity contribution in [1.29, 1.82) is 0 Å². The monoisotopic (exact) mass is 261 g/mol. The van der Waals surface area contributed by atoms with Gasteiger partial charge in [0.05, 0.1) is 6.26 Å². The Morgan fingerprint density at radius 1 is 1.26 bits per heavy atom. The summed E-state index contributed by atoms with van der Waals surface area (Å²) in [5.74, 6) is 0.718. The average molecular weight is 261 g/mol. The molecule has 0 spiro atoms. The van der Waals surface area contributed by atoms with Gasteiger partial charge >= 0.3 is 0 Å². The number of carbonyl (C=O) groups excluding carboxylic acids is 2. The Morgan fingerprint density at radius 3 is 2.84 bits per heavy atom. The van der Waals surface area contributed by atoms with Crippen molar-refractivity contribution >= 4 is 11.7 Å². The minimum atomic E-state index is -0.0607. The highest BCUT2D eigenvalue weighted by Crippen LogP contribution is 2.33. The molecule has 4 nitrogen and oxygen atoms in total. The van der Waals surface area contributed by atoms with Gasteiger partial charge in [0, 0.05) is 24.9 Å². The summed E-state index contributed by atoms with van der Waals surface area (Å²) < 4.78 is 5.21. The van der Waals surface area contributed by atoms with E-state index in [1.165, 1.54) is 6.26 Å². The molecule has 2 heterocycles. The fourth-order valence-electron chi connectivity index (χ4n) is 3.42. The van der Waals surface area contributed by atoms with Crippen LogP contribution in [-0.4, -0.2) is 29.2 Å². The fraction of sp³-hybridized carbons (Fsp3) is 0.600. The molecular formula is C15H19NO3. The highest BCUT2D eigenvalue weighted by molar-refractivity contribution is 5.92. The van der Waals surface area contributed by atoms with Gasteiger partial charge < -0.3 is 9.32 Å². The van der Waals surface area contributed by atoms with E-state index in [1.54, 1.807) is 12.1 Å². The Bertz CT molecular complexity index is 466. The van der Waals surface area contributed by atoms with Crippen LogP contribution >= 0.6 is 0 Å². The molecule has 2 aliphatic rings. The summed E-state index contributed by atoms with van der Waals surface area (Å²) in [5.41, 5.74) is 0. The molecule has 0 bridgehead atoms. The van der Waals surface area contributed by atoms with Crippen LogP contribution < -0.4 is 0 Å². The third kappa shape index (κ3) is 2.31. The summed E-state index contributed by atoms with van der Waals surface area (Å²) in [4.78, 5) is 26.3. The van der Waals surface area contributed by atoms with E-state index < -0.39 is 0 Å². The number of piperidine rings is 1. The minimum absolute atomic E-state index is 0.0548. The molecular weight excluding hydrogens is 242 g/mol. The SMILES string of the molecule is O=C1CCCC1C1CCCCN1C(=O)c1ccco1. The van der Waals surface area contributed by atoms with E-state index in [9.17, 15) is 9.59 Å². The quantitative estimate of drug-likeness (QED) is 0.822. The molecule has 1 amide bonds. The first kappa shape index (κ1) is 12.5. The second-order valence-electron chi connectivity index (χ2n) is 5.50. The van der Waals surface area contributed by atoms with Crippen molar-refractivity contribution in [1.82, 2.24) is 4.90 Å². The summed E-state index contributed by atoms with van der Waals surface area (Å²) in [6.45, 7) is 0.744. The van der Waals surface area contributed by atoms with Gasteiger partial charge in [-0.2, -0.15) is 0 Å². The lowest BCUT2D eigenvalue weighted by atomic mass is 9.88. The number of likely N-dealkylation sites (tertiary alicyclic amines) is 1. The maximum atomic E-state index is 12.5. The predicted molar refractivity (Wildman–Crippen MR) is 69.7 cm³/mol. The second-order valence-corrected chi connectivity index (χ2v) is 5.50. The number of carbonyl (C=O) groups is 2.